The SMILES string of the molecule is Cc1cc(NC(=O)C(C)(C)CCl)n(-c2ncnc3c2cnn3-c2cccc(Cl)c2)n1. The van der Waals surface area contributed by atoms with Crippen molar-refractivity contribution in [2.75, 3.05) is 11.2 Å². The summed E-state index contributed by atoms with van der Waals surface area (Å²) in [4.78, 5) is 21.4. The molecule has 1 N–H and O–H groups in total. The topological polar surface area (TPSA) is 90.5 Å². The van der Waals surface area contributed by atoms with E-state index in [0.29, 0.717) is 27.7 Å². The van der Waals surface area contributed by atoms with Crippen molar-refractivity contribution in [1.29, 1.82) is 0 Å². The molecule has 10 heteroatoms. The maximum absolute atomic E-state index is 12.6. The van der Waals surface area contributed by atoms with Crippen LogP contribution in [-0.2, 0) is 4.79 Å². The summed E-state index contributed by atoms with van der Waals surface area (Å²) in [6, 6.07) is 9.10. The van der Waals surface area contributed by atoms with Crippen LogP contribution in [-0.4, -0.2) is 41.3 Å². The van der Waals surface area contributed by atoms with Crippen LogP contribution in [0, 0.1) is 12.3 Å². The van der Waals surface area contributed by atoms with Crippen molar-refractivity contribution in [2.24, 2.45) is 5.41 Å². The number of carbonyl (C=O) groups is 1. The van der Waals surface area contributed by atoms with Gasteiger partial charge in [-0.1, -0.05) is 17.7 Å². The van der Waals surface area contributed by atoms with Crippen LogP contribution in [0.2, 0.25) is 5.02 Å². The molecule has 0 radical (unpaired) electrons. The first-order valence-electron chi connectivity index (χ1n) is 9.19. The lowest BCUT2D eigenvalue weighted by atomic mass is 9.95. The van der Waals surface area contributed by atoms with Crippen LogP contribution < -0.4 is 5.32 Å². The molecule has 0 aliphatic rings. The van der Waals surface area contributed by atoms with Gasteiger partial charge < -0.3 is 5.32 Å². The van der Waals surface area contributed by atoms with Crippen molar-refractivity contribution in [2.45, 2.75) is 20.8 Å². The number of alkyl halides is 1. The molecule has 4 rings (SSSR count). The van der Waals surface area contributed by atoms with E-state index in [2.05, 4.69) is 25.5 Å². The minimum Gasteiger partial charge on any atom is -0.310 e. The minimum absolute atomic E-state index is 0.191. The highest BCUT2D eigenvalue weighted by molar-refractivity contribution is 6.30. The van der Waals surface area contributed by atoms with Crippen LogP contribution >= 0.6 is 23.2 Å². The predicted octanol–water partition coefficient (Wildman–Crippen LogP) is 4.17. The molecule has 1 amide bonds. The van der Waals surface area contributed by atoms with Crippen LogP contribution in [0.15, 0.2) is 42.9 Å². The summed E-state index contributed by atoms with van der Waals surface area (Å²) in [5.41, 5.74) is 1.36. The molecular weight excluding hydrogens is 425 g/mol. The number of benzene rings is 1. The molecule has 1 aromatic carbocycles. The zero-order chi connectivity index (χ0) is 21.5. The van der Waals surface area contributed by atoms with Crippen molar-refractivity contribution in [3.63, 3.8) is 0 Å². The van der Waals surface area contributed by atoms with Crippen LogP contribution in [0.3, 0.4) is 0 Å². The molecule has 154 valence electrons. The first-order valence-corrected chi connectivity index (χ1v) is 10.1. The number of nitrogens with one attached hydrogen (secondary N) is 1. The average molecular weight is 444 g/mol. The van der Waals surface area contributed by atoms with Crippen LogP contribution in [0.25, 0.3) is 22.5 Å². The smallest absolute Gasteiger partial charge is 0.232 e. The maximum atomic E-state index is 12.6. The van der Waals surface area contributed by atoms with Crippen LogP contribution in [0.4, 0.5) is 5.82 Å². The second kappa shape index (κ2) is 7.70. The van der Waals surface area contributed by atoms with Crippen molar-refractivity contribution < 1.29 is 4.79 Å². The first kappa shape index (κ1) is 20.3. The maximum Gasteiger partial charge on any atom is 0.232 e. The van der Waals surface area contributed by atoms with Gasteiger partial charge in [0.15, 0.2) is 11.5 Å². The number of hydrogen-bond donors (Lipinski definition) is 1. The summed E-state index contributed by atoms with van der Waals surface area (Å²) in [7, 11) is 0. The fourth-order valence-electron chi connectivity index (χ4n) is 2.89. The fraction of sp³-hybridized carbons (Fsp3) is 0.250. The molecular formula is C20H19Cl2N7O. The number of carbonyl (C=O) groups excluding carboxylic acids is 1. The Kier molecular flexibility index (Phi) is 5.21. The fourth-order valence-corrected chi connectivity index (χ4v) is 3.20. The standard InChI is InChI=1S/C20H19Cl2N7O/c1-12-7-16(26-19(30)20(2,3)10-21)29(27-12)18-15-9-25-28(17(15)23-11-24-18)14-6-4-5-13(22)8-14/h4-9,11H,10H2,1-3H3,(H,26,30). The summed E-state index contributed by atoms with van der Waals surface area (Å²) in [5, 5.41) is 13.1. The van der Waals surface area contributed by atoms with E-state index < -0.39 is 5.41 Å². The van der Waals surface area contributed by atoms with Gasteiger partial charge in [-0.05, 0) is 39.0 Å². The molecule has 3 heterocycles. The summed E-state index contributed by atoms with van der Waals surface area (Å²) < 4.78 is 3.25. The number of hydrogen-bond acceptors (Lipinski definition) is 5. The molecule has 30 heavy (non-hydrogen) atoms. The van der Waals surface area contributed by atoms with Gasteiger partial charge in [0.05, 0.1) is 28.4 Å². The largest absolute Gasteiger partial charge is 0.310 e. The molecule has 0 aliphatic heterocycles. The summed E-state index contributed by atoms with van der Waals surface area (Å²) in [5.74, 6) is 0.973. The monoisotopic (exact) mass is 443 g/mol. The van der Waals surface area contributed by atoms with E-state index in [9.17, 15) is 4.79 Å². The quantitative estimate of drug-likeness (QED) is 0.467. The molecule has 0 bridgehead atoms. The number of aromatic nitrogens is 6. The minimum atomic E-state index is -0.733. The summed E-state index contributed by atoms with van der Waals surface area (Å²) >= 11 is 12.1. The van der Waals surface area contributed by atoms with Gasteiger partial charge >= 0.3 is 0 Å². The van der Waals surface area contributed by atoms with E-state index >= 15 is 0 Å². The summed E-state index contributed by atoms with van der Waals surface area (Å²) in [6.07, 6.45) is 3.10. The van der Waals surface area contributed by atoms with E-state index in [-0.39, 0.29) is 11.8 Å². The number of anilines is 1. The molecule has 4 aromatic rings. The highest BCUT2D eigenvalue weighted by Crippen LogP contribution is 2.26. The predicted molar refractivity (Wildman–Crippen MR) is 117 cm³/mol. The lowest BCUT2D eigenvalue weighted by Gasteiger charge is -2.20. The van der Waals surface area contributed by atoms with Crippen LogP contribution in [0.5, 0.6) is 0 Å². The highest BCUT2D eigenvalue weighted by atomic mass is 35.5. The molecule has 0 atom stereocenters. The number of nitrogens with zero attached hydrogens (tertiary/aromatic N) is 6. The van der Waals surface area contributed by atoms with E-state index in [0.717, 1.165) is 11.4 Å². The van der Waals surface area contributed by atoms with E-state index in [1.165, 1.54) is 6.33 Å². The number of amides is 1. The number of halogens is 2. The number of rotatable bonds is 5. The molecule has 0 saturated carbocycles. The summed E-state index contributed by atoms with van der Waals surface area (Å²) in [6.45, 7) is 5.40. The Morgan fingerprint density at radius 1 is 1.20 bits per heavy atom. The van der Waals surface area contributed by atoms with E-state index in [4.69, 9.17) is 23.2 Å². The second-order valence-corrected chi connectivity index (χ2v) is 8.23. The molecule has 0 fully saturated rings. The van der Waals surface area contributed by atoms with Gasteiger partial charge in [-0.25, -0.2) is 14.6 Å². The number of fused-ring (bicyclic) bond motifs is 1. The van der Waals surface area contributed by atoms with Gasteiger partial charge in [0.25, 0.3) is 0 Å². The molecule has 8 nitrogen and oxygen atoms in total. The Morgan fingerprint density at radius 2 is 2.00 bits per heavy atom. The van der Waals surface area contributed by atoms with Gasteiger partial charge in [0, 0.05) is 17.0 Å². The van der Waals surface area contributed by atoms with Crippen molar-refractivity contribution in [1.82, 2.24) is 29.5 Å². The lowest BCUT2D eigenvalue weighted by Crippen LogP contribution is -2.33. The molecule has 0 unspecified atom stereocenters. The third-order valence-electron chi connectivity index (χ3n) is 4.62. The zero-order valence-corrected chi connectivity index (χ0v) is 18.1. The normalized spacial score (nSPS) is 11.8. The third-order valence-corrected chi connectivity index (χ3v) is 5.52. The Balaban J connectivity index is 1.81. The van der Waals surface area contributed by atoms with E-state index in [1.807, 2.05) is 19.1 Å². The van der Waals surface area contributed by atoms with Gasteiger partial charge in [-0.3, -0.25) is 4.79 Å². The Hall–Kier alpha value is -2.97. The molecule has 0 spiro atoms. The highest BCUT2D eigenvalue weighted by Gasteiger charge is 2.28. The van der Waals surface area contributed by atoms with Gasteiger partial charge in [-0.2, -0.15) is 14.9 Å². The molecule has 0 saturated heterocycles. The van der Waals surface area contributed by atoms with Crippen molar-refractivity contribution in [3.05, 3.63) is 53.6 Å². The van der Waals surface area contributed by atoms with Crippen molar-refractivity contribution in [3.8, 4) is 11.5 Å². The van der Waals surface area contributed by atoms with Gasteiger partial charge in [-0.15, -0.1) is 11.6 Å². The Labute approximate surface area is 182 Å². The third kappa shape index (κ3) is 3.64. The molecule has 3 aromatic heterocycles. The number of aryl methyl sites for hydroxylation is 1. The van der Waals surface area contributed by atoms with Gasteiger partial charge in [0.2, 0.25) is 5.91 Å². The second-order valence-electron chi connectivity index (χ2n) is 7.53. The average Bonchev–Trinajstić information content (AvgIpc) is 3.31. The Morgan fingerprint density at radius 3 is 2.73 bits per heavy atom. The van der Waals surface area contributed by atoms with Crippen LogP contribution in [0.1, 0.15) is 19.5 Å². The lowest BCUT2D eigenvalue weighted by molar-refractivity contribution is -0.123. The first-order chi connectivity index (χ1) is 14.3. The van der Waals surface area contributed by atoms with E-state index in [1.54, 1.807) is 47.6 Å². The molecule has 0 aliphatic carbocycles. The Bertz CT molecular complexity index is 1250. The van der Waals surface area contributed by atoms with Crippen molar-refractivity contribution >= 4 is 46.0 Å². The van der Waals surface area contributed by atoms with Gasteiger partial charge in [0.1, 0.15) is 12.1 Å². The zero-order valence-electron chi connectivity index (χ0n) is 16.6.